The Labute approximate surface area is 124 Å². The zero-order valence-corrected chi connectivity index (χ0v) is 12.9. The molecule has 2 unspecified atom stereocenters. The summed E-state index contributed by atoms with van der Waals surface area (Å²) in [5, 5.41) is 0. The summed E-state index contributed by atoms with van der Waals surface area (Å²) in [4.78, 5) is 4.67. The van der Waals surface area contributed by atoms with E-state index in [0.717, 1.165) is 41.0 Å². The van der Waals surface area contributed by atoms with Gasteiger partial charge in [0.25, 0.3) is 0 Å². The predicted octanol–water partition coefficient (Wildman–Crippen LogP) is 4.22. The van der Waals surface area contributed by atoms with Gasteiger partial charge in [-0.15, -0.1) is 11.6 Å². The van der Waals surface area contributed by atoms with Gasteiger partial charge < -0.3 is 9.30 Å². The fraction of sp³-hybridized carbons (Fsp3) is 0.562. The molecule has 1 aliphatic carbocycles. The molecule has 1 aromatic heterocycles. The van der Waals surface area contributed by atoms with Gasteiger partial charge in [-0.2, -0.15) is 0 Å². The molecule has 0 radical (unpaired) electrons. The van der Waals surface area contributed by atoms with E-state index in [1.807, 2.05) is 12.1 Å². The van der Waals surface area contributed by atoms with Crippen LogP contribution in [0.15, 0.2) is 18.2 Å². The van der Waals surface area contributed by atoms with Gasteiger partial charge in [-0.05, 0) is 36.8 Å². The highest BCUT2D eigenvalue weighted by molar-refractivity contribution is 6.16. The Bertz CT molecular complexity index is 608. The van der Waals surface area contributed by atoms with Crippen LogP contribution in [0.25, 0.3) is 11.0 Å². The Morgan fingerprint density at radius 2 is 2.25 bits per heavy atom. The van der Waals surface area contributed by atoms with Crippen molar-refractivity contribution < 1.29 is 4.74 Å². The lowest BCUT2D eigenvalue weighted by Gasteiger charge is -2.13. The molecule has 1 heterocycles. The van der Waals surface area contributed by atoms with Crippen LogP contribution in [-0.4, -0.2) is 16.7 Å². The van der Waals surface area contributed by atoms with E-state index in [9.17, 15) is 0 Å². The third-order valence-corrected chi connectivity index (χ3v) is 4.64. The molecule has 3 nitrogen and oxygen atoms in total. The smallest absolute Gasteiger partial charge is 0.146 e. The molecule has 2 aromatic rings. The lowest BCUT2D eigenvalue weighted by atomic mass is 10.1. The predicted molar refractivity (Wildman–Crippen MR) is 82.3 cm³/mol. The number of hydrogen-bond acceptors (Lipinski definition) is 2. The van der Waals surface area contributed by atoms with Gasteiger partial charge in [0.2, 0.25) is 0 Å². The minimum atomic E-state index is 0.445. The first kappa shape index (κ1) is 13.7. The monoisotopic (exact) mass is 292 g/mol. The highest BCUT2D eigenvalue weighted by Gasteiger charge is 2.23. The van der Waals surface area contributed by atoms with Crippen LogP contribution < -0.4 is 4.74 Å². The van der Waals surface area contributed by atoms with Gasteiger partial charge in [-0.1, -0.05) is 19.4 Å². The number of aromatic nitrogens is 2. The van der Waals surface area contributed by atoms with E-state index in [1.54, 1.807) is 7.11 Å². The van der Waals surface area contributed by atoms with Crippen LogP contribution in [0.2, 0.25) is 0 Å². The van der Waals surface area contributed by atoms with E-state index >= 15 is 0 Å². The van der Waals surface area contributed by atoms with Gasteiger partial charge in [0.05, 0.1) is 18.5 Å². The summed E-state index contributed by atoms with van der Waals surface area (Å²) in [6, 6.07) is 6.09. The highest BCUT2D eigenvalue weighted by atomic mass is 35.5. The molecule has 0 spiro atoms. The van der Waals surface area contributed by atoms with Crippen LogP contribution in [0.3, 0.4) is 0 Å². The summed E-state index contributed by atoms with van der Waals surface area (Å²) < 4.78 is 7.69. The maximum atomic E-state index is 6.09. The van der Waals surface area contributed by atoms with Crippen LogP contribution in [0.1, 0.15) is 32.0 Å². The average Bonchev–Trinajstić information content (AvgIpc) is 3.03. The van der Waals surface area contributed by atoms with Crippen molar-refractivity contribution in [1.82, 2.24) is 9.55 Å². The number of methoxy groups -OCH3 is 1. The molecule has 1 aromatic carbocycles. The normalized spacial score (nSPS) is 22.6. The zero-order valence-electron chi connectivity index (χ0n) is 12.1. The van der Waals surface area contributed by atoms with Crippen molar-refractivity contribution in [2.45, 2.75) is 38.6 Å². The molecule has 2 atom stereocenters. The van der Waals surface area contributed by atoms with Crippen molar-refractivity contribution in [3.63, 3.8) is 0 Å². The van der Waals surface area contributed by atoms with Gasteiger partial charge in [0, 0.05) is 6.54 Å². The van der Waals surface area contributed by atoms with E-state index in [0.29, 0.717) is 5.88 Å². The molecule has 1 fully saturated rings. The molecule has 0 saturated heterocycles. The first-order valence-corrected chi connectivity index (χ1v) is 7.84. The summed E-state index contributed by atoms with van der Waals surface area (Å²) in [7, 11) is 1.69. The third kappa shape index (κ3) is 2.39. The van der Waals surface area contributed by atoms with Crippen molar-refractivity contribution in [3.05, 3.63) is 24.0 Å². The second-order valence-corrected chi connectivity index (χ2v) is 6.15. The number of halogens is 1. The van der Waals surface area contributed by atoms with Gasteiger partial charge in [0.1, 0.15) is 17.1 Å². The van der Waals surface area contributed by atoms with E-state index in [4.69, 9.17) is 16.3 Å². The molecular formula is C16H21ClN2O. The average molecular weight is 293 g/mol. The second kappa shape index (κ2) is 5.65. The first-order chi connectivity index (χ1) is 9.72. The molecule has 0 N–H and O–H groups in total. The van der Waals surface area contributed by atoms with E-state index in [-0.39, 0.29) is 0 Å². The zero-order chi connectivity index (χ0) is 14.1. The minimum absolute atomic E-state index is 0.445. The summed E-state index contributed by atoms with van der Waals surface area (Å²) in [5.74, 6) is 3.82. The van der Waals surface area contributed by atoms with Crippen molar-refractivity contribution in [1.29, 1.82) is 0 Å². The molecule has 0 bridgehead atoms. The molecule has 0 aliphatic heterocycles. The number of hydrogen-bond donors (Lipinski definition) is 0. The van der Waals surface area contributed by atoms with Crippen molar-refractivity contribution in [3.8, 4) is 5.75 Å². The van der Waals surface area contributed by atoms with Crippen LogP contribution in [0.4, 0.5) is 0 Å². The standard InChI is InChI=1S/C16H21ClN2O/c1-11-6-7-12(8-11)10-19-13-4-3-5-14(20-2)16(13)18-15(19)9-17/h3-5,11-12H,6-10H2,1-2H3. The number of rotatable bonds is 4. The second-order valence-electron chi connectivity index (χ2n) is 5.88. The van der Waals surface area contributed by atoms with Gasteiger partial charge in [-0.25, -0.2) is 4.98 Å². The Balaban J connectivity index is 2.00. The van der Waals surface area contributed by atoms with Gasteiger partial charge in [-0.3, -0.25) is 0 Å². The molecule has 3 rings (SSSR count). The molecule has 1 aliphatic rings. The minimum Gasteiger partial charge on any atom is -0.494 e. The summed E-state index contributed by atoms with van der Waals surface area (Å²) in [5.41, 5.74) is 2.07. The summed E-state index contributed by atoms with van der Waals surface area (Å²) in [6.07, 6.45) is 3.97. The molecular weight excluding hydrogens is 272 g/mol. The lowest BCUT2D eigenvalue weighted by molar-refractivity contribution is 0.419. The third-order valence-electron chi connectivity index (χ3n) is 4.40. The van der Waals surface area contributed by atoms with E-state index < -0.39 is 0 Å². The SMILES string of the molecule is COc1cccc2c1nc(CCl)n2CC1CCC(C)C1. The molecule has 4 heteroatoms. The first-order valence-electron chi connectivity index (χ1n) is 7.31. The van der Waals surface area contributed by atoms with Crippen LogP contribution in [-0.2, 0) is 12.4 Å². The Kier molecular flexibility index (Phi) is 3.88. The largest absolute Gasteiger partial charge is 0.494 e. The van der Waals surface area contributed by atoms with Crippen molar-refractivity contribution in [2.24, 2.45) is 11.8 Å². The van der Waals surface area contributed by atoms with Crippen molar-refractivity contribution >= 4 is 22.6 Å². The van der Waals surface area contributed by atoms with E-state index in [2.05, 4.69) is 22.5 Å². The van der Waals surface area contributed by atoms with Gasteiger partial charge in [0.15, 0.2) is 0 Å². The Morgan fingerprint density at radius 1 is 1.40 bits per heavy atom. The lowest BCUT2D eigenvalue weighted by Crippen LogP contribution is -2.10. The van der Waals surface area contributed by atoms with Gasteiger partial charge >= 0.3 is 0 Å². The van der Waals surface area contributed by atoms with E-state index in [1.165, 1.54) is 19.3 Å². The number of nitrogens with zero attached hydrogens (tertiary/aromatic N) is 2. The number of benzene rings is 1. The quantitative estimate of drug-likeness (QED) is 0.789. The van der Waals surface area contributed by atoms with Crippen LogP contribution >= 0.6 is 11.6 Å². The number of para-hydroxylation sites is 1. The highest BCUT2D eigenvalue weighted by Crippen LogP contribution is 2.34. The molecule has 1 saturated carbocycles. The topological polar surface area (TPSA) is 27.1 Å². The van der Waals surface area contributed by atoms with Crippen molar-refractivity contribution in [2.75, 3.05) is 7.11 Å². The number of fused-ring (bicyclic) bond motifs is 1. The maximum Gasteiger partial charge on any atom is 0.146 e. The summed E-state index contributed by atoms with van der Waals surface area (Å²) in [6.45, 7) is 3.37. The number of ether oxygens (including phenoxy) is 1. The van der Waals surface area contributed by atoms with Crippen LogP contribution in [0, 0.1) is 11.8 Å². The molecule has 108 valence electrons. The number of alkyl halides is 1. The molecule has 0 amide bonds. The Morgan fingerprint density at radius 3 is 2.90 bits per heavy atom. The maximum absolute atomic E-state index is 6.09. The fourth-order valence-electron chi connectivity index (χ4n) is 3.39. The fourth-order valence-corrected chi connectivity index (χ4v) is 3.59. The number of imidazole rings is 1. The molecule has 20 heavy (non-hydrogen) atoms. The summed E-state index contributed by atoms with van der Waals surface area (Å²) >= 11 is 6.09. The Hall–Kier alpha value is -1.22. The van der Waals surface area contributed by atoms with Crippen LogP contribution in [0.5, 0.6) is 5.75 Å².